The molecule has 7 heteroatoms. The number of furan rings is 1. The maximum Gasteiger partial charge on any atom is 0.273 e. The Balaban J connectivity index is 1.63. The first-order chi connectivity index (χ1) is 13.6. The van der Waals surface area contributed by atoms with E-state index in [4.69, 9.17) is 13.6 Å². The summed E-state index contributed by atoms with van der Waals surface area (Å²) < 4.78 is 16.2. The molecule has 0 saturated carbocycles. The number of ether oxygens (including phenoxy) is 1. The van der Waals surface area contributed by atoms with Crippen molar-refractivity contribution >= 4 is 5.91 Å². The van der Waals surface area contributed by atoms with Gasteiger partial charge in [0.15, 0.2) is 5.69 Å². The standard InChI is InChI=1S/C21H25N3O4/c1-15(2)24(12-16-7-4-5-9-19(16)26-3)13-20-23-18(14-28-20)21(25)22-11-17-8-6-10-27-17/h4-10,14-15H,11-13H2,1-3H3,(H,22,25). The van der Waals surface area contributed by atoms with E-state index in [-0.39, 0.29) is 17.6 Å². The van der Waals surface area contributed by atoms with E-state index in [1.165, 1.54) is 6.26 Å². The van der Waals surface area contributed by atoms with Gasteiger partial charge in [0.2, 0.25) is 5.89 Å². The van der Waals surface area contributed by atoms with E-state index >= 15 is 0 Å². The molecule has 0 radical (unpaired) electrons. The van der Waals surface area contributed by atoms with E-state index < -0.39 is 0 Å². The molecule has 0 fully saturated rings. The lowest BCUT2D eigenvalue weighted by atomic mass is 10.1. The molecule has 0 atom stereocenters. The van der Waals surface area contributed by atoms with Gasteiger partial charge in [-0.3, -0.25) is 9.69 Å². The van der Waals surface area contributed by atoms with Crippen LogP contribution in [-0.4, -0.2) is 28.9 Å². The van der Waals surface area contributed by atoms with Crippen LogP contribution in [0.1, 0.15) is 41.6 Å². The largest absolute Gasteiger partial charge is 0.496 e. The van der Waals surface area contributed by atoms with E-state index in [0.29, 0.717) is 31.3 Å². The molecule has 2 aromatic heterocycles. The Hall–Kier alpha value is -3.06. The van der Waals surface area contributed by atoms with Gasteiger partial charge >= 0.3 is 0 Å². The van der Waals surface area contributed by atoms with Crippen LogP contribution in [0.15, 0.2) is 57.8 Å². The number of benzene rings is 1. The second-order valence-corrected chi connectivity index (χ2v) is 6.70. The van der Waals surface area contributed by atoms with E-state index in [1.807, 2.05) is 24.3 Å². The molecule has 0 aliphatic carbocycles. The number of para-hydroxylation sites is 1. The summed E-state index contributed by atoms with van der Waals surface area (Å²) in [4.78, 5) is 18.8. The summed E-state index contributed by atoms with van der Waals surface area (Å²) >= 11 is 0. The highest BCUT2D eigenvalue weighted by Gasteiger charge is 2.18. The summed E-state index contributed by atoms with van der Waals surface area (Å²) in [6.45, 7) is 5.69. The van der Waals surface area contributed by atoms with Crippen molar-refractivity contribution in [3.63, 3.8) is 0 Å². The minimum absolute atomic E-state index is 0.252. The summed E-state index contributed by atoms with van der Waals surface area (Å²) in [5.74, 6) is 1.72. The van der Waals surface area contributed by atoms with Crippen molar-refractivity contribution in [2.24, 2.45) is 0 Å². The molecular formula is C21H25N3O4. The van der Waals surface area contributed by atoms with Crippen LogP contribution in [-0.2, 0) is 19.6 Å². The summed E-state index contributed by atoms with van der Waals surface area (Å²) in [6, 6.07) is 11.8. The molecule has 1 N–H and O–H groups in total. The number of rotatable bonds is 9. The zero-order valence-electron chi connectivity index (χ0n) is 16.3. The molecule has 148 valence electrons. The topological polar surface area (TPSA) is 80.7 Å². The highest BCUT2D eigenvalue weighted by Crippen LogP contribution is 2.21. The van der Waals surface area contributed by atoms with Crippen LogP contribution < -0.4 is 10.1 Å². The van der Waals surface area contributed by atoms with Crippen molar-refractivity contribution in [3.05, 3.63) is 71.8 Å². The molecule has 7 nitrogen and oxygen atoms in total. The van der Waals surface area contributed by atoms with Gasteiger partial charge in [-0.2, -0.15) is 0 Å². The van der Waals surface area contributed by atoms with Gasteiger partial charge < -0.3 is 18.9 Å². The van der Waals surface area contributed by atoms with Gasteiger partial charge in [0.05, 0.1) is 26.5 Å². The van der Waals surface area contributed by atoms with Crippen molar-refractivity contribution in [2.75, 3.05) is 7.11 Å². The number of carbonyl (C=O) groups excluding carboxylic acids is 1. The normalized spacial score (nSPS) is 11.2. The molecule has 1 amide bonds. The zero-order chi connectivity index (χ0) is 19.9. The first kappa shape index (κ1) is 19.7. The van der Waals surface area contributed by atoms with Crippen molar-refractivity contribution in [1.29, 1.82) is 0 Å². The summed E-state index contributed by atoms with van der Waals surface area (Å²) in [5.41, 5.74) is 1.34. The average molecular weight is 383 g/mol. The smallest absolute Gasteiger partial charge is 0.273 e. The number of amides is 1. The van der Waals surface area contributed by atoms with E-state index in [0.717, 1.165) is 11.3 Å². The third-order valence-electron chi connectivity index (χ3n) is 4.42. The molecule has 1 aromatic carbocycles. The van der Waals surface area contributed by atoms with Crippen LogP contribution in [0, 0.1) is 0 Å². The number of aromatic nitrogens is 1. The van der Waals surface area contributed by atoms with Crippen molar-refractivity contribution in [1.82, 2.24) is 15.2 Å². The Labute approximate surface area is 164 Å². The number of nitrogens with one attached hydrogen (secondary N) is 1. The monoisotopic (exact) mass is 383 g/mol. The Kier molecular flexibility index (Phi) is 6.49. The predicted octanol–water partition coefficient (Wildman–Crippen LogP) is 3.62. The highest BCUT2D eigenvalue weighted by atomic mass is 16.5. The van der Waals surface area contributed by atoms with Gasteiger partial charge in [0.1, 0.15) is 17.8 Å². The molecule has 2 heterocycles. The molecule has 28 heavy (non-hydrogen) atoms. The minimum Gasteiger partial charge on any atom is -0.496 e. The Morgan fingerprint density at radius 3 is 2.71 bits per heavy atom. The summed E-state index contributed by atoms with van der Waals surface area (Å²) in [5, 5.41) is 2.76. The average Bonchev–Trinajstić information content (AvgIpc) is 3.38. The maximum absolute atomic E-state index is 12.2. The third kappa shape index (κ3) is 5.01. The predicted molar refractivity (Wildman–Crippen MR) is 104 cm³/mol. The van der Waals surface area contributed by atoms with Crippen LogP contribution in [0.25, 0.3) is 0 Å². The first-order valence-corrected chi connectivity index (χ1v) is 9.17. The van der Waals surface area contributed by atoms with Crippen molar-refractivity contribution in [2.45, 2.75) is 39.5 Å². The molecule has 3 aromatic rings. The summed E-state index contributed by atoms with van der Waals surface area (Å²) in [6.07, 6.45) is 2.95. The van der Waals surface area contributed by atoms with Crippen molar-refractivity contribution in [3.8, 4) is 5.75 Å². The van der Waals surface area contributed by atoms with Crippen LogP contribution in [0.5, 0.6) is 5.75 Å². The molecular weight excluding hydrogens is 358 g/mol. The van der Waals surface area contributed by atoms with Crippen LogP contribution in [0.4, 0.5) is 0 Å². The maximum atomic E-state index is 12.2. The zero-order valence-corrected chi connectivity index (χ0v) is 16.3. The van der Waals surface area contributed by atoms with Gasteiger partial charge in [-0.15, -0.1) is 0 Å². The Bertz CT molecular complexity index is 887. The molecule has 0 aliphatic heterocycles. The molecule has 0 saturated heterocycles. The fraction of sp³-hybridized carbons (Fsp3) is 0.333. The van der Waals surface area contributed by atoms with E-state index in [9.17, 15) is 4.79 Å². The molecule has 3 rings (SSSR count). The fourth-order valence-electron chi connectivity index (χ4n) is 2.81. The first-order valence-electron chi connectivity index (χ1n) is 9.17. The number of oxazole rings is 1. The second-order valence-electron chi connectivity index (χ2n) is 6.70. The highest BCUT2D eigenvalue weighted by molar-refractivity contribution is 5.91. The SMILES string of the molecule is COc1ccccc1CN(Cc1nc(C(=O)NCc2ccco2)co1)C(C)C. The molecule has 0 unspecified atom stereocenters. The van der Waals surface area contributed by atoms with E-state index in [2.05, 4.69) is 29.0 Å². The number of carbonyl (C=O) groups is 1. The third-order valence-corrected chi connectivity index (χ3v) is 4.42. The lowest BCUT2D eigenvalue weighted by Crippen LogP contribution is -2.30. The van der Waals surface area contributed by atoms with Gasteiger partial charge in [-0.05, 0) is 32.0 Å². The van der Waals surface area contributed by atoms with Crippen LogP contribution in [0.2, 0.25) is 0 Å². The quantitative estimate of drug-likeness (QED) is 0.608. The van der Waals surface area contributed by atoms with E-state index in [1.54, 1.807) is 25.5 Å². The van der Waals surface area contributed by atoms with Crippen LogP contribution >= 0.6 is 0 Å². The van der Waals surface area contributed by atoms with Gasteiger partial charge in [-0.25, -0.2) is 4.98 Å². The summed E-state index contributed by atoms with van der Waals surface area (Å²) in [7, 11) is 1.67. The Morgan fingerprint density at radius 2 is 2.00 bits per heavy atom. The molecule has 0 aliphatic rings. The van der Waals surface area contributed by atoms with Crippen molar-refractivity contribution < 1.29 is 18.4 Å². The van der Waals surface area contributed by atoms with Gasteiger partial charge in [-0.1, -0.05) is 18.2 Å². The lowest BCUT2D eigenvalue weighted by molar-refractivity contribution is 0.0943. The van der Waals surface area contributed by atoms with Gasteiger partial charge in [0, 0.05) is 18.2 Å². The molecule has 0 spiro atoms. The number of hydrogen-bond acceptors (Lipinski definition) is 6. The number of methoxy groups -OCH3 is 1. The lowest BCUT2D eigenvalue weighted by Gasteiger charge is -2.25. The molecule has 0 bridgehead atoms. The number of hydrogen-bond donors (Lipinski definition) is 1. The fourth-order valence-corrected chi connectivity index (χ4v) is 2.81. The second kappa shape index (κ2) is 9.23. The number of nitrogens with zero attached hydrogens (tertiary/aromatic N) is 2. The Morgan fingerprint density at radius 1 is 1.18 bits per heavy atom. The van der Waals surface area contributed by atoms with Gasteiger partial charge in [0.25, 0.3) is 5.91 Å². The van der Waals surface area contributed by atoms with Crippen LogP contribution in [0.3, 0.4) is 0 Å². The minimum atomic E-state index is -0.299.